The van der Waals surface area contributed by atoms with Crippen LogP contribution in [0.4, 0.5) is 105 Å². The molecule has 0 aliphatic carbocycles. The molecule has 11 N–H and O–H groups in total. The fourth-order valence-corrected chi connectivity index (χ4v) is 13.4. The van der Waals surface area contributed by atoms with E-state index in [1.54, 1.807) is 164 Å². The molecule has 0 spiro atoms. The number of epoxide rings is 2. The van der Waals surface area contributed by atoms with E-state index in [1.807, 2.05) is 78.9 Å². The van der Waals surface area contributed by atoms with Gasteiger partial charge < -0.3 is 71.4 Å². The molecule has 2 aliphatic rings. The first kappa shape index (κ1) is 100. The molecule has 12 rings (SSSR count). The predicted octanol–water partition coefficient (Wildman–Crippen LogP) is 17.6. The lowest BCUT2D eigenvalue weighted by atomic mass is 10.0. The average molecular weight is 1890 g/mol. The van der Waals surface area contributed by atoms with E-state index in [-0.39, 0.29) is 91.1 Å². The van der Waals surface area contributed by atoms with Crippen LogP contribution in [-0.2, 0) is 113 Å². The number of hydrogen-bond donors (Lipinski definition) is 11. The summed E-state index contributed by atoms with van der Waals surface area (Å²) in [5.74, 6) is -3.29. The van der Waals surface area contributed by atoms with Gasteiger partial charge in [-0.2, -0.15) is 0 Å². The number of unbranched alkanes of at least 4 members (excludes halogenated alkanes) is 1. The average Bonchev–Trinajstić information content (AvgIpc) is 1.80. The van der Waals surface area contributed by atoms with Crippen molar-refractivity contribution < 1.29 is 134 Å². The Kier molecular flexibility index (Phi) is 37.9. The quantitative estimate of drug-likeness (QED) is 0.00555. The number of carboxylic acid groups (broad SMARTS) is 1. The van der Waals surface area contributed by atoms with Crippen molar-refractivity contribution >= 4 is 136 Å². The third-order valence-corrected chi connectivity index (χ3v) is 20.1. The van der Waals surface area contributed by atoms with E-state index in [2.05, 4.69) is 53.2 Å². The van der Waals surface area contributed by atoms with E-state index in [0.29, 0.717) is 115 Å². The minimum Gasteiger partial charge on any atom is -0.478 e. The number of hydrogen-bond acceptors (Lipinski definition) is 27. The summed E-state index contributed by atoms with van der Waals surface area (Å²) in [6, 6.07) is 70.3. The highest BCUT2D eigenvalue weighted by Crippen LogP contribution is 2.27. The van der Waals surface area contributed by atoms with Crippen LogP contribution < -0.4 is 53.2 Å². The van der Waals surface area contributed by atoms with Crippen LogP contribution >= 0.6 is 0 Å². The van der Waals surface area contributed by atoms with E-state index in [9.17, 15) is 67.4 Å². The van der Waals surface area contributed by atoms with Gasteiger partial charge in [0.05, 0.1) is 65.7 Å². The molecule has 3 unspecified atom stereocenters. The lowest BCUT2D eigenvalue weighted by Gasteiger charge is -2.24. The summed E-state index contributed by atoms with van der Waals surface area (Å²) in [7, 11) is 0. The SMILES string of the molecule is CC(COC(=O)Nc1cccc(Cc2cccc(NC(=O)OCCCCOC(=O)Nc3cccc(Cc4cccc(NC(=O)OCCOCCOC(=O)CCC(=O)OC(=O)Nc5cccc(Cc6cccc(NC(=O)OCCCOC(=O)Nc7cccc(Cc8cccc(NC(=O)OCC9CO9)c8)c7)c6)c5)c4)c3)c2)c1)(OC(=O)Nc1cccc(Cc2cccc(NC(=O)OCC3CO3)c2)c1)C(=O)O. The molecule has 720 valence electrons. The molecular weight excluding hydrogens is 1790 g/mol. The van der Waals surface area contributed by atoms with Crippen LogP contribution in [0.1, 0.15) is 94.7 Å². The fraction of sp³-hybridized carbons (Fsp3) is 0.270. The molecule has 2 heterocycles. The number of ether oxygens (including phenoxy) is 14. The number of esters is 2. The van der Waals surface area contributed by atoms with Crippen LogP contribution in [0.5, 0.6) is 0 Å². The third-order valence-electron chi connectivity index (χ3n) is 20.1. The van der Waals surface area contributed by atoms with Crippen LogP contribution in [0.3, 0.4) is 0 Å². The highest BCUT2D eigenvalue weighted by atomic mass is 16.6. The van der Waals surface area contributed by atoms with Gasteiger partial charge in [0.25, 0.3) is 0 Å². The maximum atomic E-state index is 13.1. The van der Waals surface area contributed by atoms with E-state index >= 15 is 0 Å². The van der Waals surface area contributed by atoms with Gasteiger partial charge in [-0.1, -0.05) is 121 Å². The van der Waals surface area contributed by atoms with E-state index in [0.717, 1.165) is 62.6 Å². The first-order chi connectivity index (χ1) is 66.8. The number of benzene rings is 10. The summed E-state index contributed by atoms with van der Waals surface area (Å²) in [5.41, 5.74) is 10.4. The summed E-state index contributed by atoms with van der Waals surface area (Å²) in [6.45, 7) is 1.37. The Morgan fingerprint density at radius 3 is 0.790 bits per heavy atom. The molecule has 2 fully saturated rings. The standard InChI is InChI=1S/C100H102N10O28/c1-100(89(113)114,138-99(124)110-84-34-13-24-74(59-84)49-71-21-10-31-81(56-71)107-96(121)135-63-86-61-133-86)64-136-97(122)108-82-32-11-22-72(57-82)47-67-16-5-26-76(51-67)102-91(116)128-38-3-2-37-127-90(115)101-75-25-4-15-65(50-75)45-68-19-8-29-79(54-68)105-94(119)131-44-42-125-41-43-126-87(111)35-36-88(112)137-98(123)109-83-33-12-23-73(58-83)48-69-18-7-28-78(53-69)104-93(118)130-40-14-39-129-92(117)103-77-27-6-17-66(52-77)46-70-20-9-30-80(55-70)106-95(120)134-62-85-60-132-85/h4-13,15-34,50-59,85-86H,2-3,14,35-49,60-64H2,1H3,(H,101,115)(H,102,116)(H,103,117)(H,104,118)(H,105,119)(H,106,120)(H,107,121)(H,108,122)(H,109,123)(H,110,124)(H,113,114). The Morgan fingerprint density at radius 1 is 0.283 bits per heavy atom. The van der Waals surface area contributed by atoms with E-state index < -0.39 is 97.5 Å². The largest absolute Gasteiger partial charge is 0.478 e. The summed E-state index contributed by atoms with van der Waals surface area (Å²) in [6.07, 6.45) is -5.73. The molecule has 10 amide bonds. The number of anilines is 10. The highest BCUT2D eigenvalue weighted by Gasteiger charge is 2.40. The summed E-state index contributed by atoms with van der Waals surface area (Å²) < 4.78 is 73.0. The number of rotatable bonds is 46. The van der Waals surface area contributed by atoms with Crippen LogP contribution in [0, 0.1) is 0 Å². The van der Waals surface area contributed by atoms with E-state index in [1.165, 1.54) is 0 Å². The zero-order valence-electron chi connectivity index (χ0n) is 75.0. The van der Waals surface area contributed by atoms with Crippen molar-refractivity contribution in [3.05, 3.63) is 298 Å². The number of aliphatic carboxylic acids is 1. The van der Waals surface area contributed by atoms with Crippen molar-refractivity contribution in [1.29, 1.82) is 0 Å². The van der Waals surface area contributed by atoms with Crippen LogP contribution in [0.25, 0.3) is 0 Å². The minimum atomic E-state index is -2.29. The van der Waals surface area contributed by atoms with Gasteiger partial charge in [-0.15, -0.1) is 0 Å². The molecule has 10 aromatic rings. The second kappa shape index (κ2) is 52.2. The Balaban J connectivity index is 0.452. The summed E-state index contributed by atoms with van der Waals surface area (Å²) in [4.78, 5) is 164. The molecule has 2 aliphatic heterocycles. The number of amides is 10. The number of carbonyl (C=O) groups is 13. The normalized spacial score (nSPS) is 12.9. The molecule has 0 saturated carbocycles. The molecule has 10 aromatic carbocycles. The molecule has 0 bridgehead atoms. The predicted molar refractivity (Wildman–Crippen MR) is 504 cm³/mol. The van der Waals surface area contributed by atoms with Gasteiger partial charge in [0.2, 0.25) is 5.60 Å². The highest BCUT2D eigenvalue weighted by molar-refractivity contribution is 5.95. The second-order valence-corrected chi connectivity index (χ2v) is 31.6. The number of carboxylic acids is 1. The zero-order valence-corrected chi connectivity index (χ0v) is 75.0. The molecule has 3 atom stereocenters. The third kappa shape index (κ3) is 37.1. The van der Waals surface area contributed by atoms with Gasteiger partial charge in [0, 0.05) is 63.3 Å². The van der Waals surface area contributed by atoms with Gasteiger partial charge in [-0.3, -0.25) is 62.8 Å². The molecular formula is C100H102N10O28. The van der Waals surface area contributed by atoms with Crippen molar-refractivity contribution in [1.82, 2.24) is 0 Å². The topological polar surface area (TPSA) is 498 Å². The van der Waals surface area contributed by atoms with Gasteiger partial charge in [0.15, 0.2) is 0 Å². The Morgan fingerprint density at radius 2 is 0.514 bits per heavy atom. The molecule has 2 saturated heterocycles. The summed E-state index contributed by atoms with van der Waals surface area (Å²) in [5, 5.41) is 36.6. The maximum Gasteiger partial charge on any atom is 0.419 e. The molecule has 0 radical (unpaired) electrons. The fourth-order valence-electron chi connectivity index (χ4n) is 13.4. The van der Waals surface area contributed by atoms with Crippen LogP contribution in [0.2, 0.25) is 0 Å². The summed E-state index contributed by atoms with van der Waals surface area (Å²) >= 11 is 0. The van der Waals surface area contributed by atoms with Crippen LogP contribution in [0.15, 0.2) is 243 Å². The van der Waals surface area contributed by atoms with Crippen LogP contribution in [-0.4, -0.2) is 188 Å². The molecule has 38 heteroatoms. The first-order valence-electron chi connectivity index (χ1n) is 43.9. The van der Waals surface area contributed by atoms with Crippen molar-refractivity contribution in [2.45, 2.75) is 88.9 Å². The Bertz CT molecular complexity index is 5930. The smallest absolute Gasteiger partial charge is 0.419 e. The molecule has 38 nitrogen and oxygen atoms in total. The maximum absolute atomic E-state index is 13.1. The Hall–Kier alpha value is -16.6. The lowest BCUT2D eigenvalue weighted by molar-refractivity contribution is -0.160. The van der Waals surface area contributed by atoms with Crippen molar-refractivity contribution in [2.24, 2.45) is 0 Å². The van der Waals surface area contributed by atoms with Gasteiger partial charge >= 0.3 is 78.8 Å². The zero-order chi connectivity index (χ0) is 97.2. The van der Waals surface area contributed by atoms with Gasteiger partial charge in [0.1, 0.15) is 45.2 Å². The second-order valence-electron chi connectivity index (χ2n) is 31.6. The van der Waals surface area contributed by atoms with Gasteiger partial charge in [-0.25, -0.2) is 52.7 Å². The van der Waals surface area contributed by atoms with Crippen molar-refractivity contribution in [2.75, 3.05) is 139 Å². The van der Waals surface area contributed by atoms with Crippen molar-refractivity contribution in [3.8, 4) is 0 Å². The Labute approximate surface area is 792 Å². The molecule has 0 aromatic heterocycles. The minimum absolute atomic E-state index is 0.0249. The lowest BCUT2D eigenvalue weighted by Crippen LogP contribution is -2.46. The monoisotopic (exact) mass is 1890 g/mol. The first-order valence-corrected chi connectivity index (χ1v) is 43.9. The van der Waals surface area contributed by atoms with Gasteiger partial charge in [-0.05, 0) is 229 Å². The van der Waals surface area contributed by atoms with Crippen molar-refractivity contribution in [3.63, 3.8) is 0 Å². The number of carbonyl (C=O) groups excluding carboxylic acids is 12. The van der Waals surface area contributed by atoms with E-state index in [4.69, 9.17) is 66.3 Å². The number of nitrogens with one attached hydrogen (secondary N) is 10. The molecule has 138 heavy (non-hydrogen) atoms.